The van der Waals surface area contributed by atoms with Gasteiger partial charge in [-0.3, -0.25) is 19.8 Å². The zero-order valence-corrected chi connectivity index (χ0v) is 14.6. The molecule has 0 saturated carbocycles. The topological polar surface area (TPSA) is 119 Å². The van der Waals surface area contributed by atoms with Crippen molar-refractivity contribution in [3.05, 3.63) is 33.3 Å². The zero-order valence-electron chi connectivity index (χ0n) is 13.0. The fraction of sp³-hybridized carbons (Fsp3) is 0.400. The molecule has 134 valence electrons. The van der Waals surface area contributed by atoms with Crippen LogP contribution in [0.5, 0.6) is 0 Å². The van der Waals surface area contributed by atoms with Crippen LogP contribution >= 0.6 is 23.2 Å². The number of imide groups is 1. The van der Waals surface area contributed by atoms with Gasteiger partial charge in [0.05, 0.1) is 16.1 Å². The summed E-state index contributed by atoms with van der Waals surface area (Å²) in [6.45, 7) is 1.62. The number of halogens is 2. The Bertz CT molecular complexity index is 783. The average Bonchev–Trinajstić information content (AvgIpc) is 2.93. The first-order chi connectivity index (χ1) is 11.6. The van der Waals surface area contributed by atoms with Crippen molar-refractivity contribution in [2.45, 2.75) is 37.8 Å². The fourth-order valence-electron chi connectivity index (χ4n) is 3.18. The van der Waals surface area contributed by atoms with Gasteiger partial charge in [0.25, 0.3) is 11.8 Å². The molecule has 0 spiro atoms. The molecule has 1 aromatic rings. The molecule has 25 heavy (non-hydrogen) atoms. The van der Waals surface area contributed by atoms with Gasteiger partial charge >= 0.3 is 6.03 Å². The van der Waals surface area contributed by atoms with Crippen molar-refractivity contribution in [1.82, 2.24) is 15.5 Å². The molecular formula is C15H15Cl2N3O5. The van der Waals surface area contributed by atoms with Crippen molar-refractivity contribution < 1.29 is 24.6 Å². The third kappa shape index (κ3) is 2.95. The van der Waals surface area contributed by atoms with E-state index in [1.54, 1.807) is 6.92 Å². The molecular weight excluding hydrogens is 373 g/mol. The maximum Gasteiger partial charge on any atom is 0.322 e. The quantitative estimate of drug-likeness (QED) is 0.455. The second-order valence-electron chi connectivity index (χ2n) is 5.98. The molecule has 3 rings (SSSR count). The van der Waals surface area contributed by atoms with E-state index < -0.39 is 35.8 Å². The van der Waals surface area contributed by atoms with Gasteiger partial charge in [-0.1, -0.05) is 23.2 Å². The number of urea groups is 1. The molecule has 2 heterocycles. The number of fused-ring (bicyclic) bond motifs is 1. The Kier molecular flexibility index (Phi) is 4.40. The van der Waals surface area contributed by atoms with E-state index in [0.29, 0.717) is 5.56 Å². The van der Waals surface area contributed by atoms with Crippen LogP contribution in [0.15, 0.2) is 12.1 Å². The van der Waals surface area contributed by atoms with Gasteiger partial charge in [0.2, 0.25) is 5.91 Å². The normalized spacial score (nSPS) is 24.1. The number of hydrogen-bond acceptors (Lipinski definition) is 5. The monoisotopic (exact) mass is 387 g/mol. The minimum atomic E-state index is -2.54. The van der Waals surface area contributed by atoms with Crippen LogP contribution in [0.2, 0.25) is 10.0 Å². The molecule has 0 bridgehead atoms. The summed E-state index contributed by atoms with van der Waals surface area (Å²) < 4.78 is 0. The molecule has 1 saturated heterocycles. The number of carbonyl (C=O) groups excluding carboxylic acids is 3. The Hall–Kier alpha value is -1.87. The Morgan fingerprint density at radius 3 is 2.52 bits per heavy atom. The predicted molar refractivity (Wildman–Crippen MR) is 87.5 cm³/mol. The standard InChI is InChI=1S/C15H15Cl2N3O5/c1-6-7-4-9(16)10(17)5-8(7)15(24,25)20(6)12(21)3-2-11-13(22)19-14(23)18-11/h4-6,11,24-25H,2-3H2,1H3,(H2,18,19,22,23). The zero-order chi connectivity index (χ0) is 18.5. The van der Waals surface area contributed by atoms with E-state index >= 15 is 0 Å². The molecule has 10 heteroatoms. The predicted octanol–water partition coefficient (Wildman–Crippen LogP) is 0.980. The van der Waals surface area contributed by atoms with E-state index in [9.17, 15) is 24.6 Å². The lowest BCUT2D eigenvalue weighted by Crippen LogP contribution is -2.46. The molecule has 4 N–H and O–H groups in total. The van der Waals surface area contributed by atoms with Crippen molar-refractivity contribution in [2.75, 3.05) is 0 Å². The van der Waals surface area contributed by atoms with Gasteiger partial charge in [-0.05, 0) is 31.0 Å². The second-order valence-corrected chi connectivity index (χ2v) is 6.80. The number of nitrogens with one attached hydrogen (secondary N) is 2. The van der Waals surface area contributed by atoms with E-state index in [1.807, 2.05) is 0 Å². The van der Waals surface area contributed by atoms with E-state index in [2.05, 4.69) is 10.6 Å². The SMILES string of the molecule is CC1c2cc(Cl)c(Cl)cc2C(O)(O)N1C(=O)CCC1NC(=O)NC1=O. The second kappa shape index (κ2) is 6.14. The lowest BCUT2D eigenvalue weighted by Gasteiger charge is -2.32. The molecule has 8 nitrogen and oxygen atoms in total. The summed E-state index contributed by atoms with van der Waals surface area (Å²) in [5.41, 5.74) is 0.550. The van der Waals surface area contributed by atoms with Crippen molar-refractivity contribution in [3.8, 4) is 0 Å². The number of benzene rings is 1. The third-order valence-electron chi connectivity index (χ3n) is 4.40. The van der Waals surface area contributed by atoms with Crippen LogP contribution in [0.3, 0.4) is 0 Å². The lowest BCUT2D eigenvalue weighted by molar-refractivity contribution is -0.266. The minimum Gasteiger partial charge on any atom is -0.345 e. The number of aliphatic hydroxyl groups is 2. The molecule has 2 aliphatic rings. The number of hydrogen-bond donors (Lipinski definition) is 4. The molecule has 1 fully saturated rings. The number of nitrogens with zero attached hydrogens (tertiary/aromatic N) is 1. The highest BCUT2D eigenvalue weighted by molar-refractivity contribution is 6.42. The van der Waals surface area contributed by atoms with Gasteiger partial charge in [-0.15, -0.1) is 0 Å². The average molecular weight is 388 g/mol. The van der Waals surface area contributed by atoms with E-state index in [4.69, 9.17) is 23.2 Å². The smallest absolute Gasteiger partial charge is 0.322 e. The summed E-state index contributed by atoms with van der Waals surface area (Å²) in [5, 5.41) is 25.7. The molecule has 1 aromatic carbocycles. The summed E-state index contributed by atoms with van der Waals surface area (Å²) in [7, 11) is 0. The lowest BCUT2D eigenvalue weighted by atomic mass is 10.0. The highest BCUT2D eigenvalue weighted by Crippen LogP contribution is 2.46. The largest absolute Gasteiger partial charge is 0.345 e. The molecule has 2 unspecified atom stereocenters. The van der Waals surface area contributed by atoms with Crippen molar-refractivity contribution >= 4 is 41.0 Å². The highest BCUT2D eigenvalue weighted by atomic mass is 35.5. The van der Waals surface area contributed by atoms with Crippen LogP contribution in [0, 0.1) is 0 Å². The van der Waals surface area contributed by atoms with Gasteiger partial charge in [0.15, 0.2) is 0 Å². The first-order valence-corrected chi connectivity index (χ1v) is 8.26. The number of rotatable bonds is 3. The third-order valence-corrected chi connectivity index (χ3v) is 5.12. The van der Waals surface area contributed by atoms with Gasteiger partial charge in [-0.2, -0.15) is 0 Å². The van der Waals surface area contributed by atoms with Crippen LogP contribution in [-0.2, 0) is 15.5 Å². The first kappa shape index (κ1) is 17.9. The minimum absolute atomic E-state index is 0.0353. The Morgan fingerprint density at radius 1 is 1.28 bits per heavy atom. The Balaban J connectivity index is 1.79. The van der Waals surface area contributed by atoms with Crippen LogP contribution in [0.25, 0.3) is 0 Å². The maximum absolute atomic E-state index is 12.6. The molecule has 2 atom stereocenters. The van der Waals surface area contributed by atoms with Crippen LogP contribution in [0.4, 0.5) is 4.79 Å². The summed E-state index contributed by atoms with van der Waals surface area (Å²) in [6.07, 6.45) is -0.130. The van der Waals surface area contributed by atoms with Crippen molar-refractivity contribution in [3.63, 3.8) is 0 Å². The summed E-state index contributed by atoms with van der Waals surface area (Å²) in [5.74, 6) is -3.65. The fourth-order valence-corrected chi connectivity index (χ4v) is 3.51. The van der Waals surface area contributed by atoms with E-state index in [-0.39, 0.29) is 28.5 Å². The van der Waals surface area contributed by atoms with Crippen LogP contribution in [-0.4, -0.2) is 39.0 Å². The molecule has 2 aliphatic heterocycles. The molecule has 4 amide bonds. The van der Waals surface area contributed by atoms with Crippen LogP contribution < -0.4 is 10.6 Å². The highest BCUT2D eigenvalue weighted by Gasteiger charge is 2.49. The van der Waals surface area contributed by atoms with Gasteiger partial charge in [0.1, 0.15) is 6.04 Å². The summed E-state index contributed by atoms with van der Waals surface area (Å²) in [6, 6.07) is 0.704. The van der Waals surface area contributed by atoms with Crippen molar-refractivity contribution in [2.24, 2.45) is 0 Å². The van der Waals surface area contributed by atoms with E-state index in [0.717, 1.165) is 4.90 Å². The van der Waals surface area contributed by atoms with E-state index in [1.165, 1.54) is 12.1 Å². The number of amides is 4. The van der Waals surface area contributed by atoms with Gasteiger partial charge in [0, 0.05) is 12.0 Å². The van der Waals surface area contributed by atoms with Crippen LogP contribution in [0.1, 0.15) is 36.9 Å². The number of carbonyl (C=O) groups is 3. The molecule has 0 aliphatic carbocycles. The Morgan fingerprint density at radius 2 is 1.92 bits per heavy atom. The molecule has 0 radical (unpaired) electrons. The molecule has 0 aromatic heterocycles. The summed E-state index contributed by atoms with van der Waals surface area (Å²) in [4.78, 5) is 36.1. The van der Waals surface area contributed by atoms with Gasteiger partial charge < -0.3 is 15.5 Å². The van der Waals surface area contributed by atoms with Gasteiger partial charge in [-0.25, -0.2) is 4.79 Å². The Labute approximate surface area is 152 Å². The first-order valence-electron chi connectivity index (χ1n) is 7.50. The van der Waals surface area contributed by atoms with Crippen molar-refractivity contribution in [1.29, 1.82) is 0 Å². The maximum atomic E-state index is 12.6. The summed E-state index contributed by atoms with van der Waals surface area (Å²) >= 11 is 11.9.